The number of sulfone groups is 1. The van der Waals surface area contributed by atoms with Gasteiger partial charge in [0, 0.05) is 7.05 Å². The van der Waals surface area contributed by atoms with Crippen LogP contribution >= 0.6 is 0 Å². The lowest BCUT2D eigenvalue weighted by atomic mass is 10.2. The van der Waals surface area contributed by atoms with Crippen molar-refractivity contribution in [3.8, 4) is 0 Å². The molecule has 0 aliphatic heterocycles. The first-order valence-corrected chi connectivity index (χ1v) is 6.90. The Morgan fingerprint density at radius 3 is 2.24 bits per heavy atom. The molecule has 0 aromatic carbocycles. The Balaban J connectivity index is 4.63. The van der Waals surface area contributed by atoms with Gasteiger partial charge in [-0.15, -0.1) is 0 Å². The van der Waals surface area contributed by atoms with Gasteiger partial charge < -0.3 is 11.1 Å². The largest absolute Gasteiger partial charge is 0.341 e. The summed E-state index contributed by atoms with van der Waals surface area (Å²) < 4.78 is 23.5. The zero-order valence-corrected chi connectivity index (χ0v) is 11.0. The maximum atomic E-state index is 11.8. The SMILES string of the molecule is CNC(=O)NC(=O)C(C)S(=O)(=O)CC(C)CN. The standard InChI is InChI=1S/C9H19N3O4S/c1-6(4-10)5-17(15,16)7(2)8(13)12-9(14)11-3/h6-7H,4-5,10H2,1-3H3,(H2,11,12,13,14). The molecule has 2 atom stereocenters. The molecular weight excluding hydrogens is 246 g/mol. The number of hydrogen-bond acceptors (Lipinski definition) is 5. The van der Waals surface area contributed by atoms with E-state index in [9.17, 15) is 18.0 Å². The summed E-state index contributed by atoms with van der Waals surface area (Å²) in [6.45, 7) is 3.15. The molecule has 0 bridgehead atoms. The lowest BCUT2D eigenvalue weighted by Gasteiger charge is -2.15. The van der Waals surface area contributed by atoms with Gasteiger partial charge >= 0.3 is 6.03 Å². The third kappa shape index (κ3) is 5.14. The topological polar surface area (TPSA) is 118 Å². The van der Waals surface area contributed by atoms with Gasteiger partial charge in [-0.25, -0.2) is 13.2 Å². The van der Waals surface area contributed by atoms with E-state index in [1.807, 2.05) is 5.32 Å². The van der Waals surface area contributed by atoms with E-state index in [1.54, 1.807) is 6.92 Å². The average molecular weight is 265 g/mol. The molecule has 0 saturated heterocycles. The van der Waals surface area contributed by atoms with Gasteiger partial charge in [0.1, 0.15) is 5.25 Å². The van der Waals surface area contributed by atoms with E-state index < -0.39 is 27.0 Å². The first-order chi connectivity index (χ1) is 7.74. The van der Waals surface area contributed by atoms with Gasteiger partial charge in [-0.05, 0) is 19.4 Å². The van der Waals surface area contributed by atoms with Crippen LogP contribution in [0.1, 0.15) is 13.8 Å². The number of rotatable bonds is 5. The van der Waals surface area contributed by atoms with Crippen LogP contribution in [0.5, 0.6) is 0 Å². The third-order valence-corrected chi connectivity index (χ3v) is 4.62. The number of nitrogens with one attached hydrogen (secondary N) is 2. The van der Waals surface area contributed by atoms with Crippen LogP contribution in [-0.4, -0.2) is 45.0 Å². The number of nitrogens with two attached hydrogens (primary N) is 1. The molecule has 0 rings (SSSR count). The summed E-state index contributed by atoms with van der Waals surface area (Å²) in [5, 5.41) is 2.83. The number of urea groups is 1. The van der Waals surface area contributed by atoms with Crippen molar-refractivity contribution >= 4 is 21.8 Å². The molecule has 3 amide bonds. The molecule has 7 nitrogen and oxygen atoms in total. The summed E-state index contributed by atoms with van der Waals surface area (Å²) in [6, 6.07) is -0.732. The van der Waals surface area contributed by atoms with Crippen LogP contribution in [0.15, 0.2) is 0 Å². The molecular formula is C9H19N3O4S. The first kappa shape index (κ1) is 15.9. The van der Waals surface area contributed by atoms with Crippen LogP contribution in [0.4, 0.5) is 4.79 Å². The number of amides is 3. The molecule has 0 aliphatic rings. The highest BCUT2D eigenvalue weighted by Crippen LogP contribution is 2.07. The molecule has 0 spiro atoms. The molecule has 0 fully saturated rings. The summed E-state index contributed by atoms with van der Waals surface area (Å²) in [5.41, 5.74) is 5.33. The van der Waals surface area contributed by atoms with Crippen molar-refractivity contribution in [3.05, 3.63) is 0 Å². The van der Waals surface area contributed by atoms with E-state index in [-0.39, 0.29) is 18.2 Å². The van der Waals surface area contributed by atoms with Crippen molar-refractivity contribution < 1.29 is 18.0 Å². The van der Waals surface area contributed by atoms with Crippen LogP contribution in [0, 0.1) is 5.92 Å². The minimum absolute atomic E-state index is 0.175. The van der Waals surface area contributed by atoms with E-state index in [2.05, 4.69) is 5.32 Å². The second kappa shape index (κ2) is 6.55. The molecule has 0 radical (unpaired) electrons. The normalized spacial score (nSPS) is 14.8. The minimum atomic E-state index is -3.60. The van der Waals surface area contributed by atoms with Gasteiger partial charge in [-0.3, -0.25) is 10.1 Å². The monoisotopic (exact) mass is 265 g/mol. The lowest BCUT2D eigenvalue weighted by molar-refractivity contribution is -0.119. The predicted octanol–water partition coefficient (Wildman–Crippen LogP) is -1.16. The Labute approximate surface area is 101 Å². The van der Waals surface area contributed by atoms with Crippen molar-refractivity contribution in [1.29, 1.82) is 0 Å². The van der Waals surface area contributed by atoms with Gasteiger partial charge in [-0.2, -0.15) is 0 Å². The summed E-state index contributed by atoms with van der Waals surface area (Å²) in [7, 11) is -2.27. The molecule has 0 aromatic heterocycles. The summed E-state index contributed by atoms with van der Waals surface area (Å²) >= 11 is 0. The van der Waals surface area contributed by atoms with Crippen molar-refractivity contribution in [2.24, 2.45) is 11.7 Å². The molecule has 17 heavy (non-hydrogen) atoms. The van der Waals surface area contributed by atoms with E-state index in [0.29, 0.717) is 0 Å². The number of imide groups is 1. The number of carbonyl (C=O) groups is 2. The molecule has 0 heterocycles. The van der Waals surface area contributed by atoms with Crippen molar-refractivity contribution in [3.63, 3.8) is 0 Å². The fourth-order valence-electron chi connectivity index (χ4n) is 1.05. The Morgan fingerprint density at radius 2 is 1.82 bits per heavy atom. The zero-order valence-electron chi connectivity index (χ0n) is 10.2. The smallest absolute Gasteiger partial charge is 0.321 e. The molecule has 0 aromatic rings. The van der Waals surface area contributed by atoms with E-state index >= 15 is 0 Å². The highest BCUT2D eigenvalue weighted by atomic mass is 32.2. The fourth-order valence-corrected chi connectivity index (χ4v) is 2.65. The van der Waals surface area contributed by atoms with Gasteiger partial charge in [0.2, 0.25) is 5.91 Å². The van der Waals surface area contributed by atoms with Crippen LogP contribution in [0.25, 0.3) is 0 Å². The summed E-state index contributed by atoms with van der Waals surface area (Å²) in [5.74, 6) is -1.24. The van der Waals surface area contributed by atoms with Crippen molar-refractivity contribution in [2.45, 2.75) is 19.1 Å². The van der Waals surface area contributed by atoms with E-state index in [1.165, 1.54) is 14.0 Å². The number of hydrogen-bond donors (Lipinski definition) is 3. The minimum Gasteiger partial charge on any atom is -0.341 e. The van der Waals surface area contributed by atoms with E-state index in [4.69, 9.17) is 5.73 Å². The Morgan fingerprint density at radius 1 is 1.29 bits per heavy atom. The van der Waals surface area contributed by atoms with Gasteiger partial charge in [0.15, 0.2) is 9.84 Å². The van der Waals surface area contributed by atoms with Gasteiger partial charge in [-0.1, -0.05) is 6.92 Å². The molecule has 100 valence electrons. The molecule has 4 N–H and O–H groups in total. The van der Waals surface area contributed by atoms with Crippen LogP contribution in [0.3, 0.4) is 0 Å². The molecule has 2 unspecified atom stereocenters. The van der Waals surface area contributed by atoms with Gasteiger partial charge in [0.25, 0.3) is 0 Å². The second-order valence-corrected chi connectivity index (χ2v) is 6.25. The Hall–Kier alpha value is -1.15. The zero-order chi connectivity index (χ0) is 13.6. The molecule has 0 saturated carbocycles. The highest BCUT2D eigenvalue weighted by Gasteiger charge is 2.29. The fraction of sp³-hybridized carbons (Fsp3) is 0.778. The molecule has 0 aliphatic carbocycles. The summed E-state index contributed by atoms with van der Waals surface area (Å²) in [6.07, 6.45) is 0. The molecule has 8 heteroatoms. The van der Waals surface area contributed by atoms with Crippen LogP contribution in [0.2, 0.25) is 0 Å². The van der Waals surface area contributed by atoms with E-state index in [0.717, 1.165) is 0 Å². The highest BCUT2D eigenvalue weighted by molar-refractivity contribution is 7.92. The third-order valence-electron chi connectivity index (χ3n) is 2.29. The van der Waals surface area contributed by atoms with Crippen molar-refractivity contribution in [1.82, 2.24) is 10.6 Å². The first-order valence-electron chi connectivity index (χ1n) is 5.18. The van der Waals surface area contributed by atoms with Crippen molar-refractivity contribution in [2.75, 3.05) is 19.3 Å². The quantitative estimate of drug-likeness (QED) is 0.579. The number of carbonyl (C=O) groups excluding carboxylic acids is 2. The summed E-state index contributed by atoms with van der Waals surface area (Å²) in [4.78, 5) is 22.3. The maximum Gasteiger partial charge on any atom is 0.321 e. The van der Waals surface area contributed by atoms with Crippen LogP contribution < -0.4 is 16.4 Å². The van der Waals surface area contributed by atoms with Crippen LogP contribution in [-0.2, 0) is 14.6 Å². The lowest BCUT2D eigenvalue weighted by Crippen LogP contribution is -2.45. The Bertz CT molecular complexity index is 380. The average Bonchev–Trinajstić information content (AvgIpc) is 2.26. The predicted molar refractivity (Wildman–Crippen MR) is 64.1 cm³/mol. The van der Waals surface area contributed by atoms with Gasteiger partial charge in [0.05, 0.1) is 5.75 Å². The maximum absolute atomic E-state index is 11.8. The second-order valence-electron chi connectivity index (χ2n) is 3.88. The Kier molecular flexibility index (Phi) is 6.11.